The number of hydrogen-bond acceptors (Lipinski definition) is 3. The molecule has 0 aliphatic carbocycles. The molecule has 0 radical (unpaired) electrons. The van der Waals surface area contributed by atoms with Gasteiger partial charge in [-0.25, -0.2) is 0 Å². The van der Waals surface area contributed by atoms with Crippen molar-refractivity contribution in [3.63, 3.8) is 0 Å². The van der Waals surface area contributed by atoms with E-state index in [1.54, 1.807) is 30.5 Å². The minimum atomic E-state index is -0.360. The Kier molecular flexibility index (Phi) is 5.29. The van der Waals surface area contributed by atoms with Crippen molar-refractivity contribution in [2.24, 2.45) is 0 Å². The summed E-state index contributed by atoms with van der Waals surface area (Å²) in [5.41, 5.74) is 1.57. The SMILES string of the molecule is O=C(CCl)Nc1ccccc1C(=O)NCc1ccccn1. The highest BCUT2D eigenvalue weighted by molar-refractivity contribution is 6.29. The van der Waals surface area contributed by atoms with E-state index in [0.717, 1.165) is 5.69 Å². The van der Waals surface area contributed by atoms with Gasteiger partial charge in [0.25, 0.3) is 5.91 Å². The highest BCUT2D eigenvalue weighted by atomic mass is 35.5. The molecule has 0 spiro atoms. The third-order valence-electron chi connectivity index (χ3n) is 2.72. The van der Waals surface area contributed by atoms with Crippen molar-refractivity contribution in [3.8, 4) is 0 Å². The monoisotopic (exact) mass is 303 g/mol. The molecular weight excluding hydrogens is 290 g/mol. The fraction of sp³-hybridized carbons (Fsp3) is 0.133. The van der Waals surface area contributed by atoms with Gasteiger partial charge < -0.3 is 10.6 Å². The number of benzene rings is 1. The van der Waals surface area contributed by atoms with E-state index >= 15 is 0 Å². The van der Waals surface area contributed by atoms with Crippen molar-refractivity contribution < 1.29 is 9.59 Å². The van der Waals surface area contributed by atoms with Crippen molar-refractivity contribution in [1.29, 1.82) is 0 Å². The van der Waals surface area contributed by atoms with E-state index in [-0.39, 0.29) is 17.7 Å². The lowest BCUT2D eigenvalue weighted by molar-refractivity contribution is -0.113. The Hall–Kier alpha value is -2.40. The Balaban J connectivity index is 2.07. The van der Waals surface area contributed by atoms with Crippen molar-refractivity contribution in [1.82, 2.24) is 10.3 Å². The lowest BCUT2D eigenvalue weighted by Crippen LogP contribution is -2.25. The molecule has 2 rings (SSSR count). The van der Waals surface area contributed by atoms with E-state index < -0.39 is 0 Å². The number of halogens is 1. The molecule has 0 aliphatic rings. The number of alkyl halides is 1. The van der Waals surface area contributed by atoms with Gasteiger partial charge in [-0.05, 0) is 24.3 Å². The third-order valence-corrected chi connectivity index (χ3v) is 2.97. The first-order valence-electron chi connectivity index (χ1n) is 6.33. The summed E-state index contributed by atoms with van der Waals surface area (Å²) in [6.07, 6.45) is 1.66. The zero-order chi connectivity index (χ0) is 15.1. The van der Waals surface area contributed by atoms with Crippen LogP contribution in [0.15, 0.2) is 48.7 Å². The molecule has 0 fully saturated rings. The van der Waals surface area contributed by atoms with E-state index in [0.29, 0.717) is 17.8 Å². The quantitative estimate of drug-likeness (QED) is 0.832. The fourth-order valence-electron chi connectivity index (χ4n) is 1.74. The van der Waals surface area contributed by atoms with Gasteiger partial charge in [0, 0.05) is 6.20 Å². The van der Waals surface area contributed by atoms with Crippen LogP contribution in [0.25, 0.3) is 0 Å². The highest BCUT2D eigenvalue weighted by Crippen LogP contribution is 2.15. The van der Waals surface area contributed by atoms with Crippen molar-refractivity contribution in [3.05, 3.63) is 59.9 Å². The molecular formula is C15H14ClN3O2. The third kappa shape index (κ3) is 4.29. The number of aromatic nitrogens is 1. The van der Waals surface area contributed by atoms with E-state index in [2.05, 4.69) is 15.6 Å². The topological polar surface area (TPSA) is 71.1 Å². The van der Waals surface area contributed by atoms with Gasteiger partial charge in [0.15, 0.2) is 0 Å². The first-order chi connectivity index (χ1) is 10.2. The number of para-hydroxylation sites is 1. The van der Waals surface area contributed by atoms with Crippen LogP contribution in [0.3, 0.4) is 0 Å². The molecule has 0 aliphatic heterocycles. The number of nitrogens with zero attached hydrogens (tertiary/aromatic N) is 1. The molecule has 1 heterocycles. The zero-order valence-electron chi connectivity index (χ0n) is 11.2. The lowest BCUT2D eigenvalue weighted by atomic mass is 10.1. The van der Waals surface area contributed by atoms with Gasteiger partial charge in [0.05, 0.1) is 23.5 Å². The molecule has 1 aromatic heterocycles. The van der Waals surface area contributed by atoms with Crippen LogP contribution in [0.1, 0.15) is 16.1 Å². The molecule has 5 nitrogen and oxygen atoms in total. The van der Waals surface area contributed by atoms with Crippen LogP contribution in [-0.4, -0.2) is 22.7 Å². The molecule has 1 aromatic carbocycles. The Morgan fingerprint density at radius 1 is 1.10 bits per heavy atom. The fourth-order valence-corrected chi connectivity index (χ4v) is 1.81. The van der Waals surface area contributed by atoms with Gasteiger partial charge in [-0.2, -0.15) is 0 Å². The van der Waals surface area contributed by atoms with Crippen LogP contribution in [0.2, 0.25) is 0 Å². The number of pyridine rings is 1. The Bertz CT molecular complexity index is 632. The van der Waals surface area contributed by atoms with Gasteiger partial charge >= 0.3 is 0 Å². The number of carbonyl (C=O) groups is 2. The standard InChI is InChI=1S/C15H14ClN3O2/c16-9-14(20)19-13-7-2-1-6-12(13)15(21)18-10-11-5-3-4-8-17-11/h1-8H,9-10H2,(H,18,21)(H,19,20). The summed E-state index contributed by atoms with van der Waals surface area (Å²) >= 11 is 5.45. The maximum absolute atomic E-state index is 12.2. The second-order valence-corrected chi connectivity index (χ2v) is 4.50. The largest absolute Gasteiger partial charge is 0.346 e. The summed E-state index contributed by atoms with van der Waals surface area (Å²) in [4.78, 5) is 27.7. The normalized spacial score (nSPS) is 9.95. The van der Waals surface area contributed by atoms with Crippen LogP contribution < -0.4 is 10.6 Å². The van der Waals surface area contributed by atoms with E-state index in [9.17, 15) is 9.59 Å². The molecule has 0 atom stereocenters. The molecule has 0 bridgehead atoms. The predicted octanol–water partition coefficient (Wildman–Crippen LogP) is 2.19. The van der Waals surface area contributed by atoms with Crippen LogP contribution in [0.4, 0.5) is 5.69 Å². The average molecular weight is 304 g/mol. The molecule has 0 saturated carbocycles. The van der Waals surface area contributed by atoms with Crippen LogP contribution in [0, 0.1) is 0 Å². The van der Waals surface area contributed by atoms with Crippen molar-refractivity contribution >= 4 is 29.1 Å². The van der Waals surface area contributed by atoms with E-state index in [4.69, 9.17) is 11.6 Å². The highest BCUT2D eigenvalue weighted by Gasteiger charge is 2.12. The first-order valence-corrected chi connectivity index (χ1v) is 6.87. The summed E-state index contributed by atoms with van der Waals surface area (Å²) in [6.45, 7) is 0.317. The average Bonchev–Trinajstić information content (AvgIpc) is 2.54. The minimum Gasteiger partial charge on any atom is -0.346 e. The van der Waals surface area contributed by atoms with Crippen LogP contribution >= 0.6 is 11.6 Å². The molecule has 0 saturated heterocycles. The summed E-state index contributed by atoms with van der Waals surface area (Å²) in [7, 11) is 0. The number of rotatable bonds is 5. The Morgan fingerprint density at radius 3 is 2.57 bits per heavy atom. The molecule has 2 N–H and O–H groups in total. The minimum absolute atomic E-state index is 0.163. The molecule has 2 aromatic rings. The number of carbonyl (C=O) groups excluding carboxylic acids is 2. The summed E-state index contributed by atoms with van der Waals surface area (Å²) < 4.78 is 0. The summed E-state index contributed by atoms with van der Waals surface area (Å²) in [6, 6.07) is 12.2. The lowest BCUT2D eigenvalue weighted by Gasteiger charge is -2.10. The van der Waals surface area contributed by atoms with Crippen molar-refractivity contribution in [2.75, 3.05) is 11.2 Å². The zero-order valence-corrected chi connectivity index (χ0v) is 11.9. The second-order valence-electron chi connectivity index (χ2n) is 4.23. The molecule has 0 unspecified atom stereocenters. The van der Waals surface area contributed by atoms with Crippen LogP contribution in [0.5, 0.6) is 0 Å². The Morgan fingerprint density at radius 2 is 1.86 bits per heavy atom. The van der Waals surface area contributed by atoms with Gasteiger partial charge in [0.2, 0.25) is 5.91 Å². The maximum Gasteiger partial charge on any atom is 0.253 e. The molecule has 6 heteroatoms. The van der Waals surface area contributed by atoms with Gasteiger partial charge in [-0.3, -0.25) is 14.6 Å². The maximum atomic E-state index is 12.2. The number of amides is 2. The predicted molar refractivity (Wildman–Crippen MR) is 81.2 cm³/mol. The van der Waals surface area contributed by atoms with E-state index in [1.165, 1.54) is 0 Å². The smallest absolute Gasteiger partial charge is 0.253 e. The number of anilines is 1. The number of hydrogen-bond donors (Lipinski definition) is 2. The van der Waals surface area contributed by atoms with Crippen molar-refractivity contribution in [2.45, 2.75) is 6.54 Å². The molecule has 21 heavy (non-hydrogen) atoms. The first kappa shape index (κ1) is 15.0. The Labute approximate surface area is 127 Å². The summed E-state index contributed by atoms with van der Waals surface area (Å²) in [5.74, 6) is -0.808. The van der Waals surface area contributed by atoms with Crippen LogP contribution in [-0.2, 0) is 11.3 Å². The van der Waals surface area contributed by atoms with Gasteiger partial charge in [-0.1, -0.05) is 18.2 Å². The van der Waals surface area contributed by atoms with E-state index in [1.807, 2.05) is 18.2 Å². The molecule has 2 amide bonds. The summed E-state index contributed by atoms with van der Waals surface area (Å²) in [5, 5.41) is 5.35. The number of nitrogens with one attached hydrogen (secondary N) is 2. The molecule has 108 valence electrons. The van der Waals surface area contributed by atoms with Gasteiger partial charge in [0.1, 0.15) is 5.88 Å². The van der Waals surface area contributed by atoms with Gasteiger partial charge in [-0.15, -0.1) is 11.6 Å². The second kappa shape index (κ2) is 7.40.